The van der Waals surface area contributed by atoms with Gasteiger partial charge >= 0.3 is 0 Å². The minimum Gasteiger partial charge on any atom is -0.465 e. The Balaban J connectivity index is 2.70. The summed E-state index contributed by atoms with van der Waals surface area (Å²) in [7, 11) is 0. The van der Waals surface area contributed by atoms with Crippen LogP contribution in [0.2, 0.25) is 0 Å². The van der Waals surface area contributed by atoms with Gasteiger partial charge in [0.25, 0.3) is 0 Å². The average Bonchev–Trinajstić information content (AvgIpc) is 2.14. The molecule has 0 heterocycles. The Hall–Kier alpha value is -1.50. The molecule has 0 aliphatic carbocycles. The number of rotatable bonds is 3. The molecule has 1 heteroatoms. The molecule has 0 saturated heterocycles. The van der Waals surface area contributed by atoms with Gasteiger partial charge in [0.2, 0.25) is 0 Å². The molecule has 1 rings (SSSR count). The van der Waals surface area contributed by atoms with Crippen LogP contribution in [0.3, 0.4) is 0 Å². The van der Waals surface area contributed by atoms with Gasteiger partial charge in [0.05, 0.1) is 6.26 Å². The van der Waals surface area contributed by atoms with Crippen LogP contribution in [0.25, 0.3) is 0 Å². The molecule has 0 N–H and O–H groups in total. The first-order valence-electron chi connectivity index (χ1n) is 4.25. The molecule has 0 atom stereocenters. The summed E-state index contributed by atoms with van der Waals surface area (Å²) < 4.78 is 5.41. The van der Waals surface area contributed by atoms with Crippen LogP contribution in [-0.4, -0.2) is 0 Å². The van der Waals surface area contributed by atoms with Crippen LogP contribution in [0.4, 0.5) is 0 Å². The molecule has 0 aliphatic heterocycles. The van der Waals surface area contributed by atoms with Crippen LogP contribution in [-0.2, 0) is 0 Å². The molecule has 1 aromatic carbocycles. The van der Waals surface area contributed by atoms with E-state index in [0.717, 1.165) is 11.3 Å². The van der Waals surface area contributed by atoms with Gasteiger partial charge in [0, 0.05) is 0 Å². The Labute approximate surface area is 79.4 Å². The van der Waals surface area contributed by atoms with Crippen LogP contribution in [0, 0.1) is 6.92 Å². The van der Waals surface area contributed by atoms with Crippen molar-refractivity contribution in [2.75, 3.05) is 0 Å². The molecule has 1 nitrogen and oxygen atoms in total. The van der Waals surface area contributed by atoms with E-state index in [1.807, 2.05) is 38.1 Å². The van der Waals surface area contributed by atoms with Gasteiger partial charge in [-0.25, -0.2) is 0 Å². The predicted octanol–water partition coefficient (Wildman–Crippen LogP) is 3.46. The first-order valence-corrected chi connectivity index (χ1v) is 4.25. The normalized spacial score (nSPS) is 11.1. The molecular formula is C12H14O. The molecule has 0 aromatic heterocycles. The predicted molar refractivity (Wildman–Crippen MR) is 55.8 cm³/mol. The lowest BCUT2D eigenvalue weighted by Gasteiger charge is -2.01. The van der Waals surface area contributed by atoms with E-state index in [-0.39, 0.29) is 0 Å². The first kappa shape index (κ1) is 9.59. The Bertz CT molecular complexity index is 324. The van der Waals surface area contributed by atoms with Gasteiger partial charge in [-0.1, -0.05) is 24.8 Å². The topological polar surface area (TPSA) is 9.23 Å². The Kier molecular flexibility index (Phi) is 3.32. The monoisotopic (exact) mass is 174 g/mol. The van der Waals surface area contributed by atoms with Gasteiger partial charge in [-0.3, -0.25) is 0 Å². The fourth-order valence-corrected chi connectivity index (χ4v) is 0.898. The van der Waals surface area contributed by atoms with Crippen LogP contribution < -0.4 is 4.74 Å². The standard InChI is InChI=1S/C12H14O/c1-4-10(2)9-13-12-7-5-6-11(3)8-12/h4-9H,1H2,2-3H3. The number of allylic oxidation sites excluding steroid dienone is 2. The first-order chi connectivity index (χ1) is 6.22. The summed E-state index contributed by atoms with van der Waals surface area (Å²) in [6.45, 7) is 7.63. The molecule has 0 saturated carbocycles. The third-order valence-corrected chi connectivity index (χ3v) is 1.69. The highest BCUT2D eigenvalue weighted by Gasteiger charge is 1.90. The lowest BCUT2D eigenvalue weighted by Crippen LogP contribution is -1.84. The quantitative estimate of drug-likeness (QED) is 0.503. The molecule has 0 unspecified atom stereocenters. The molecule has 0 amide bonds. The fourth-order valence-electron chi connectivity index (χ4n) is 0.898. The molecular weight excluding hydrogens is 160 g/mol. The Morgan fingerprint density at radius 3 is 2.85 bits per heavy atom. The SMILES string of the molecule is C=CC(C)=COc1cccc(C)c1. The van der Waals surface area contributed by atoms with E-state index in [1.165, 1.54) is 5.56 Å². The van der Waals surface area contributed by atoms with Gasteiger partial charge in [0.15, 0.2) is 0 Å². The molecule has 1 aromatic rings. The maximum atomic E-state index is 5.41. The number of ether oxygens (including phenoxy) is 1. The van der Waals surface area contributed by atoms with Crippen molar-refractivity contribution in [1.82, 2.24) is 0 Å². The second-order valence-corrected chi connectivity index (χ2v) is 3.00. The van der Waals surface area contributed by atoms with E-state index in [1.54, 1.807) is 12.3 Å². The smallest absolute Gasteiger partial charge is 0.126 e. The molecule has 0 fully saturated rings. The third-order valence-electron chi connectivity index (χ3n) is 1.69. The van der Waals surface area contributed by atoms with Crippen molar-refractivity contribution in [3.8, 4) is 5.75 Å². The number of benzene rings is 1. The maximum Gasteiger partial charge on any atom is 0.126 e. The zero-order chi connectivity index (χ0) is 9.68. The summed E-state index contributed by atoms with van der Waals surface area (Å²) in [6, 6.07) is 7.94. The van der Waals surface area contributed by atoms with E-state index < -0.39 is 0 Å². The van der Waals surface area contributed by atoms with Crippen LogP contribution in [0.5, 0.6) is 5.75 Å². The number of hydrogen-bond donors (Lipinski definition) is 0. The van der Waals surface area contributed by atoms with Crippen molar-refractivity contribution in [1.29, 1.82) is 0 Å². The van der Waals surface area contributed by atoms with Gasteiger partial charge in [-0.15, -0.1) is 0 Å². The lowest BCUT2D eigenvalue weighted by molar-refractivity contribution is 0.477. The molecule has 0 spiro atoms. The van der Waals surface area contributed by atoms with Crippen LogP contribution in [0.1, 0.15) is 12.5 Å². The van der Waals surface area contributed by atoms with Crippen molar-refractivity contribution in [2.24, 2.45) is 0 Å². The van der Waals surface area contributed by atoms with Gasteiger partial charge < -0.3 is 4.74 Å². The van der Waals surface area contributed by atoms with E-state index in [2.05, 4.69) is 6.58 Å². The summed E-state index contributed by atoms with van der Waals surface area (Å²) in [5.74, 6) is 0.862. The van der Waals surface area contributed by atoms with Crippen LogP contribution in [0.15, 0.2) is 48.8 Å². The second-order valence-electron chi connectivity index (χ2n) is 3.00. The second kappa shape index (κ2) is 4.51. The largest absolute Gasteiger partial charge is 0.465 e. The molecule has 68 valence electrons. The number of hydrogen-bond acceptors (Lipinski definition) is 1. The van der Waals surface area contributed by atoms with Crippen LogP contribution >= 0.6 is 0 Å². The summed E-state index contributed by atoms with van der Waals surface area (Å²) in [5, 5.41) is 0. The minimum atomic E-state index is 0.862. The molecule has 0 radical (unpaired) electrons. The van der Waals surface area contributed by atoms with Crippen molar-refractivity contribution in [3.05, 3.63) is 54.3 Å². The summed E-state index contributed by atoms with van der Waals surface area (Å²) >= 11 is 0. The molecule has 0 bridgehead atoms. The molecule has 13 heavy (non-hydrogen) atoms. The van der Waals surface area contributed by atoms with Crippen molar-refractivity contribution < 1.29 is 4.74 Å². The zero-order valence-corrected chi connectivity index (χ0v) is 8.08. The highest BCUT2D eigenvalue weighted by Crippen LogP contribution is 2.13. The summed E-state index contributed by atoms with van der Waals surface area (Å²) in [5.41, 5.74) is 2.21. The summed E-state index contributed by atoms with van der Waals surface area (Å²) in [6.07, 6.45) is 3.46. The summed E-state index contributed by atoms with van der Waals surface area (Å²) in [4.78, 5) is 0. The van der Waals surface area contributed by atoms with E-state index >= 15 is 0 Å². The van der Waals surface area contributed by atoms with Crippen molar-refractivity contribution in [3.63, 3.8) is 0 Å². The van der Waals surface area contributed by atoms with Gasteiger partial charge in [-0.2, -0.15) is 0 Å². The Morgan fingerprint density at radius 1 is 1.46 bits per heavy atom. The van der Waals surface area contributed by atoms with Gasteiger partial charge in [-0.05, 0) is 37.1 Å². The van der Waals surface area contributed by atoms with E-state index in [4.69, 9.17) is 4.74 Å². The maximum absolute atomic E-state index is 5.41. The van der Waals surface area contributed by atoms with Gasteiger partial charge in [0.1, 0.15) is 5.75 Å². The van der Waals surface area contributed by atoms with Crippen molar-refractivity contribution in [2.45, 2.75) is 13.8 Å². The number of aryl methyl sites for hydroxylation is 1. The lowest BCUT2D eigenvalue weighted by atomic mass is 10.2. The van der Waals surface area contributed by atoms with E-state index in [0.29, 0.717) is 0 Å². The zero-order valence-electron chi connectivity index (χ0n) is 8.08. The molecule has 0 aliphatic rings. The van der Waals surface area contributed by atoms with E-state index in [9.17, 15) is 0 Å². The minimum absolute atomic E-state index is 0.862. The third kappa shape index (κ3) is 3.16. The highest BCUT2D eigenvalue weighted by atomic mass is 16.5. The highest BCUT2D eigenvalue weighted by molar-refractivity contribution is 5.28. The fraction of sp³-hybridized carbons (Fsp3) is 0.167. The Morgan fingerprint density at radius 2 is 2.23 bits per heavy atom. The van der Waals surface area contributed by atoms with Crippen molar-refractivity contribution >= 4 is 0 Å². The average molecular weight is 174 g/mol.